The average Bonchev–Trinajstić information content (AvgIpc) is 2.86. The normalized spacial score (nSPS) is 20.3. The fourth-order valence-corrected chi connectivity index (χ4v) is 5.93. The van der Waals surface area contributed by atoms with Gasteiger partial charge < -0.3 is 20.6 Å². The van der Waals surface area contributed by atoms with Crippen LogP contribution < -0.4 is 5.73 Å². The van der Waals surface area contributed by atoms with Crippen LogP contribution in [0.15, 0.2) is 48.5 Å². The second-order valence-corrected chi connectivity index (χ2v) is 11.2. The Hall–Kier alpha value is -3.06. The second-order valence-electron chi connectivity index (χ2n) is 11.2. The number of aromatic hydroxyl groups is 1. The maximum Gasteiger partial charge on any atom is 0.314 e. The molecule has 7 heteroatoms. The van der Waals surface area contributed by atoms with Gasteiger partial charge >= 0.3 is 6.03 Å². The van der Waals surface area contributed by atoms with Crippen LogP contribution in [-0.2, 0) is 4.79 Å². The van der Waals surface area contributed by atoms with E-state index >= 15 is 0 Å². The molecule has 0 bridgehead atoms. The molecule has 200 valence electrons. The number of amides is 3. The molecule has 0 aromatic heterocycles. The molecule has 0 spiro atoms. The van der Waals surface area contributed by atoms with Gasteiger partial charge in [-0.3, -0.25) is 9.69 Å². The van der Waals surface area contributed by atoms with Crippen LogP contribution in [0.25, 0.3) is 0 Å². The number of phenolic OH excluding ortho intramolecular Hbond substituents is 1. The van der Waals surface area contributed by atoms with E-state index in [0.29, 0.717) is 37.9 Å². The number of nitrogens with two attached hydrogens (primary N) is 1. The van der Waals surface area contributed by atoms with E-state index in [-0.39, 0.29) is 29.8 Å². The lowest BCUT2D eigenvalue weighted by molar-refractivity contribution is -0.138. The zero-order valence-corrected chi connectivity index (χ0v) is 22.5. The van der Waals surface area contributed by atoms with Crippen molar-refractivity contribution in [3.8, 4) is 5.75 Å². The smallest absolute Gasteiger partial charge is 0.314 e. The molecule has 0 aliphatic carbocycles. The molecule has 3 N–H and O–H groups in total. The first-order valence-electron chi connectivity index (χ1n) is 13.6. The van der Waals surface area contributed by atoms with Crippen molar-refractivity contribution in [2.75, 3.05) is 32.7 Å². The van der Waals surface area contributed by atoms with Crippen molar-refractivity contribution in [2.24, 2.45) is 17.6 Å². The second kappa shape index (κ2) is 12.0. The Balaban J connectivity index is 1.51. The number of aryl methyl sites for hydroxylation is 1. The van der Waals surface area contributed by atoms with E-state index in [0.717, 1.165) is 37.9 Å². The number of nitrogens with zero attached hydrogens (tertiary/aromatic N) is 3. The molecule has 2 aromatic rings. The van der Waals surface area contributed by atoms with E-state index in [4.69, 9.17) is 5.73 Å². The standard InChI is InChI=1S/C30H42N4O3/c1-21(2)18-26-20-33(16-17-34(26)28(36)19-23-12-14-32(15-13-23)30(31)37)29(24-6-4-22(3)5-7-24)25-8-10-27(35)11-9-25/h4-11,21,23,26,29,35H,12-20H2,1-3H3,(H2,31,37). The molecule has 7 nitrogen and oxygen atoms in total. The highest BCUT2D eigenvalue weighted by molar-refractivity contribution is 5.77. The Kier molecular flexibility index (Phi) is 8.75. The van der Waals surface area contributed by atoms with Gasteiger partial charge in [0.05, 0.1) is 6.04 Å². The van der Waals surface area contributed by atoms with Gasteiger partial charge in [0.1, 0.15) is 5.75 Å². The Labute approximate surface area is 221 Å². The molecule has 0 saturated carbocycles. The SMILES string of the molecule is Cc1ccc(C(c2ccc(O)cc2)N2CCN(C(=O)CC3CCN(C(N)=O)CC3)C(CC(C)C)C2)cc1. The molecule has 2 aliphatic heterocycles. The third kappa shape index (κ3) is 6.83. The van der Waals surface area contributed by atoms with E-state index in [1.165, 1.54) is 11.1 Å². The van der Waals surface area contributed by atoms with Crippen LogP contribution in [0.3, 0.4) is 0 Å². The van der Waals surface area contributed by atoms with Crippen LogP contribution in [0.2, 0.25) is 0 Å². The summed E-state index contributed by atoms with van der Waals surface area (Å²) in [6.45, 7) is 10.1. The van der Waals surface area contributed by atoms with Crippen molar-refractivity contribution >= 4 is 11.9 Å². The summed E-state index contributed by atoms with van der Waals surface area (Å²) in [6.07, 6.45) is 3.17. The number of hydrogen-bond donors (Lipinski definition) is 2. The summed E-state index contributed by atoms with van der Waals surface area (Å²) in [4.78, 5) is 31.3. The van der Waals surface area contributed by atoms with Crippen molar-refractivity contribution in [3.05, 3.63) is 65.2 Å². The predicted molar refractivity (Wildman–Crippen MR) is 146 cm³/mol. The number of carbonyl (C=O) groups is 2. The average molecular weight is 507 g/mol. The minimum atomic E-state index is -0.366. The van der Waals surface area contributed by atoms with Crippen LogP contribution >= 0.6 is 0 Å². The molecular weight excluding hydrogens is 464 g/mol. The van der Waals surface area contributed by atoms with Gasteiger partial charge in [-0.15, -0.1) is 0 Å². The largest absolute Gasteiger partial charge is 0.508 e. The number of urea groups is 1. The van der Waals surface area contributed by atoms with E-state index in [9.17, 15) is 14.7 Å². The summed E-state index contributed by atoms with van der Waals surface area (Å²) < 4.78 is 0. The summed E-state index contributed by atoms with van der Waals surface area (Å²) >= 11 is 0. The number of primary amides is 1. The third-order valence-corrected chi connectivity index (χ3v) is 7.93. The van der Waals surface area contributed by atoms with Crippen LogP contribution in [0.4, 0.5) is 4.79 Å². The molecule has 2 aromatic carbocycles. The van der Waals surface area contributed by atoms with Crippen molar-refractivity contribution in [2.45, 2.75) is 58.5 Å². The molecule has 2 fully saturated rings. The number of benzene rings is 2. The summed E-state index contributed by atoms with van der Waals surface area (Å²) in [5.41, 5.74) is 9.02. The molecule has 2 aliphatic rings. The number of piperazine rings is 1. The highest BCUT2D eigenvalue weighted by Gasteiger charge is 2.36. The minimum Gasteiger partial charge on any atom is -0.508 e. The quantitative estimate of drug-likeness (QED) is 0.577. The number of phenols is 1. The summed E-state index contributed by atoms with van der Waals surface area (Å²) in [5, 5.41) is 9.89. The Morgan fingerprint density at radius 2 is 1.54 bits per heavy atom. The molecule has 37 heavy (non-hydrogen) atoms. The first kappa shape index (κ1) is 27.0. The van der Waals surface area contributed by atoms with Gasteiger partial charge in [0.25, 0.3) is 0 Å². The van der Waals surface area contributed by atoms with Gasteiger partial charge in [0.2, 0.25) is 5.91 Å². The zero-order chi connectivity index (χ0) is 26.5. The van der Waals surface area contributed by atoms with E-state index in [1.807, 2.05) is 12.1 Å². The molecular formula is C30H42N4O3. The highest BCUT2D eigenvalue weighted by Crippen LogP contribution is 2.33. The van der Waals surface area contributed by atoms with Gasteiger partial charge in [-0.1, -0.05) is 55.8 Å². The molecule has 3 amide bonds. The lowest BCUT2D eigenvalue weighted by atomic mass is 9.91. The maximum atomic E-state index is 13.5. The zero-order valence-electron chi connectivity index (χ0n) is 22.5. The molecule has 4 rings (SSSR count). The lowest BCUT2D eigenvalue weighted by Crippen LogP contribution is -2.56. The molecule has 2 heterocycles. The summed E-state index contributed by atoms with van der Waals surface area (Å²) in [7, 11) is 0. The van der Waals surface area contributed by atoms with Gasteiger partial charge in [-0.2, -0.15) is 0 Å². The van der Waals surface area contributed by atoms with Crippen LogP contribution in [-0.4, -0.2) is 70.5 Å². The number of rotatable bonds is 7. The van der Waals surface area contributed by atoms with Crippen molar-refractivity contribution in [3.63, 3.8) is 0 Å². The predicted octanol–water partition coefficient (Wildman–Crippen LogP) is 4.53. The van der Waals surface area contributed by atoms with Gasteiger partial charge in [-0.25, -0.2) is 4.79 Å². The third-order valence-electron chi connectivity index (χ3n) is 7.93. The van der Waals surface area contributed by atoms with Crippen LogP contribution in [0.5, 0.6) is 5.75 Å². The monoisotopic (exact) mass is 506 g/mol. The maximum absolute atomic E-state index is 13.5. The number of hydrogen-bond acceptors (Lipinski definition) is 4. The van der Waals surface area contributed by atoms with Gasteiger partial charge in [0.15, 0.2) is 0 Å². The van der Waals surface area contributed by atoms with E-state index in [2.05, 4.69) is 54.8 Å². The molecule has 0 radical (unpaired) electrons. The minimum absolute atomic E-state index is 0.0613. The summed E-state index contributed by atoms with van der Waals surface area (Å²) in [5.74, 6) is 1.28. The number of piperidine rings is 1. The topological polar surface area (TPSA) is 90.1 Å². The van der Waals surface area contributed by atoms with Crippen LogP contribution in [0.1, 0.15) is 62.3 Å². The lowest BCUT2D eigenvalue weighted by Gasteiger charge is -2.46. The van der Waals surface area contributed by atoms with Gasteiger partial charge in [-0.05, 0) is 61.3 Å². The Morgan fingerprint density at radius 1 is 0.946 bits per heavy atom. The summed E-state index contributed by atoms with van der Waals surface area (Å²) in [6, 6.07) is 16.1. The Bertz CT molecular complexity index is 1000. The van der Waals surface area contributed by atoms with Crippen LogP contribution in [0, 0.1) is 18.8 Å². The van der Waals surface area contributed by atoms with Crippen molar-refractivity contribution in [1.82, 2.24) is 14.7 Å². The fourth-order valence-electron chi connectivity index (χ4n) is 5.93. The molecule has 2 unspecified atom stereocenters. The van der Waals surface area contributed by atoms with Crippen molar-refractivity contribution < 1.29 is 14.7 Å². The number of carbonyl (C=O) groups excluding carboxylic acids is 2. The highest BCUT2D eigenvalue weighted by atomic mass is 16.3. The molecule has 2 atom stereocenters. The number of likely N-dealkylation sites (tertiary alicyclic amines) is 1. The Morgan fingerprint density at radius 3 is 2.11 bits per heavy atom. The van der Waals surface area contributed by atoms with E-state index in [1.54, 1.807) is 17.0 Å². The first-order chi connectivity index (χ1) is 17.7. The van der Waals surface area contributed by atoms with E-state index < -0.39 is 0 Å². The fraction of sp³-hybridized carbons (Fsp3) is 0.533. The van der Waals surface area contributed by atoms with Gasteiger partial charge in [0, 0.05) is 45.2 Å². The first-order valence-corrected chi connectivity index (χ1v) is 13.6. The van der Waals surface area contributed by atoms with Crippen molar-refractivity contribution in [1.29, 1.82) is 0 Å². The molecule has 2 saturated heterocycles.